The van der Waals surface area contributed by atoms with Crippen molar-refractivity contribution >= 4 is 11.8 Å². The Morgan fingerprint density at radius 2 is 2.21 bits per heavy atom. The van der Waals surface area contributed by atoms with E-state index >= 15 is 0 Å². The molecule has 0 radical (unpaired) electrons. The Morgan fingerprint density at radius 1 is 1.47 bits per heavy atom. The van der Waals surface area contributed by atoms with Crippen molar-refractivity contribution in [3.63, 3.8) is 0 Å². The van der Waals surface area contributed by atoms with Crippen molar-refractivity contribution in [1.29, 1.82) is 0 Å². The maximum absolute atomic E-state index is 12.1. The molecule has 1 saturated heterocycles. The summed E-state index contributed by atoms with van der Waals surface area (Å²) in [5, 5.41) is 0. The van der Waals surface area contributed by atoms with Gasteiger partial charge in [0.15, 0.2) is 6.39 Å². The molecule has 1 aliphatic heterocycles. The van der Waals surface area contributed by atoms with Crippen LogP contribution in [0.1, 0.15) is 24.4 Å². The predicted molar refractivity (Wildman–Crippen MR) is 67.2 cm³/mol. The molecule has 0 unspecified atom stereocenters. The maximum Gasteiger partial charge on any atom is 0.291 e. The highest BCUT2D eigenvalue weighted by molar-refractivity contribution is 5.92. The minimum Gasteiger partial charge on any atom is -0.438 e. The predicted octanol–water partition coefficient (Wildman–Crippen LogP) is -0.305. The Hall–Kier alpha value is -1.89. The molecule has 0 aliphatic carbocycles. The van der Waals surface area contributed by atoms with E-state index in [1.807, 2.05) is 18.7 Å². The first-order chi connectivity index (χ1) is 9.00. The van der Waals surface area contributed by atoms with Crippen LogP contribution >= 0.6 is 0 Å². The number of primary amides is 1. The third kappa shape index (κ3) is 2.76. The van der Waals surface area contributed by atoms with Crippen molar-refractivity contribution in [3.05, 3.63) is 18.4 Å². The molecule has 2 heterocycles. The molecule has 1 aromatic heterocycles. The Labute approximate surface area is 111 Å². The fourth-order valence-corrected chi connectivity index (χ4v) is 2.33. The van der Waals surface area contributed by atoms with Crippen LogP contribution in [-0.4, -0.2) is 58.3 Å². The summed E-state index contributed by atoms with van der Waals surface area (Å²) in [4.78, 5) is 31.0. The van der Waals surface area contributed by atoms with Gasteiger partial charge in [-0.05, 0) is 13.8 Å². The lowest BCUT2D eigenvalue weighted by atomic mass is 10.1. The van der Waals surface area contributed by atoms with E-state index < -0.39 is 11.9 Å². The zero-order chi connectivity index (χ0) is 14.0. The Balaban J connectivity index is 2.11. The molecule has 2 rings (SSSR count). The van der Waals surface area contributed by atoms with Gasteiger partial charge >= 0.3 is 0 Å². The molecule has 104 valence electrons. The number of oxazole rings is 1. The van der Waals surface area contributed by atoms with E-state index in [-0.39, 0.29) is 24.3 Å². The Kier molecular flexibility index (Phi) is 3.84. The fraction of sp³-hybridized carbons (Fsp3) is 0.583. The third-order valence-corrected chi connectivity index (χ3v) is 3.34. The SMILES string of the molecule is CC(C)N1CCN(C(=O)c2cnco2)C[C@@H]1C(N)=O. The molecule has 19 heavy (non-hydrogen) atoms. The summed E-state index contributed by atoms with van der Waals surface area (Å²) in [6, 6.07) is -0.249. The molecule has 1 atom stereocenters. The van der Waals surface area contributed by atoms with E-state index in [1.165, 1.54) is 12.6 Å². The van der Waals surface area contributed by atoms with E-state index in [2.05, 4.69) is 4.98 Å². The summed E-state index contributed by atoms with van der Waals surface area (Å²) in [5.74, 6) is -0.489. The molecule has 7 heteroatoms. The highest BCUT2D eigenvalue weighted by Gasteiger charge is 2.35. The molecule has 0 spiro atoms. The zero-order valence-electron chi connectivity index (χ0n) is 11.1. The second-order valence-electron chi connectivity index (χ2n) is 4.87. The van der Waals surface area contributed by atoms with E-state index in [1.54, 1.807) is 4.90 Å². The van der Waals surface area contributed by atoms with E-state index in [4.69, 9.17) is 10.2 Å². The smallest absolute Gasteiger partial charge is 0.291 e. The first kappa shape index (κ1) is 13.5. The van der Waals surface area contributed by atoms with E-state index in [0.29, 0.717) is 13.1 Å². The number of aromatic nitrogens is 1. The summed E-state index contributed by atoms with van der Waals surface area (Å²) in [7, 11) is 0. The number of amides is 2. The summed E-state index contributed by atoms with van der Waals surface area (Å²) < 4.78 is 4.99. The monoisotopic (exact) mass is 266 g/mol. The van der Waals surface area contributed by atoms with Gasteiger partial charge < -0.3 is 15.1 Å². The topological polar surface area (TPSA) is 92.7 Å². The molecular weight excluding hydrogens is 248 g/mol. The quantitative estimate of drug-likeness (QED) is 0.810. The van der Waals surface area contributed by atoms with Crippen LogP contribution in [0.25, 0.3) is 0 Å². The average Bonchev–Trinajstić information content (AvgIpc) is 2.90. The molecule has 0 saturated carbocycles. The van der Waals surface area contributed by atoms with Gasteiger partial charge in [-0.1, -0.05) is 0 Å². The second-order valence-corrected chi connectivity index (χ2v) is 4.87. The van der Waals surface area contributed by atoms with Crippen LogP contribution in [0.15, 0.2) is 17.0 Å². The summed E-state index contributed by atoms with van der Waals surface area (Å²) in [5.41, 5.74) is 5.42. The number of rotatable bonds is 3. The van der Waals surface area contributed by atoms with Gasteiger partial charge in [0, 0.05) is 25.7 Å². The largest absolute Gasteiger partial charge is 0.438 e. The minimum absolute atomic E-state index is 0.182. The molecule has 1 fully saturated rings. The number of nitrogens with zero attached hydrogens (tertiary/aromatic N) is 3. The van der Waals surface area contributed by atoms with E-state index in [0.717, 1.165) is 0 Å². The number of hydrogen-bond donors (Lipinski definition) is 1. The number of piperazine rings is 1. The van der Waals surface area contributed by atoms with Gasteiger partial charge in [0.1, 0.15) is 6.04 Å². The molecule has 7 nitrogen and oxygen atoms in total. The number of nitrogens with two attached hydrogens (primary N) is 1. The zero-order valence-corrected chi connectivity index (χ0v) is 11.1. The lowest BCUT2D eigenvalue weighted by molar-refractivity contribution is -0.126. The van der Waals surface area contributed by atoms with Gasteiger partial charge in [-0.2, -0.15) is 0 Å². The van der Waals surface area contributed by atoms with Crippen LogP contribution in [-0.2, 0) is 4.79 Å². The first-order valence-electron chi connectivity index (χ1n) is 6.23. The van der Waals surface area contributed by atoms with Crippen LogP contribution in [0.3, 0.4) is 0 Å². The molecular formula is C12H18N4O3. The van der Waals surface area contributed by atoms with E-state index in [9.17, 15) is 9.59 Å². The molecule has 2 amide bonds. The highest BCUT2D eigenvalue weighted by Crippen LogP contribution is 2.15. The van der Waals surface area contributed by atoms with Crippen molar-refractivity contribution < 1.29 is 14.0 Å². The van der Waals surface area contributed by atoms with Gasteiger partial charge in [0.2, 0.25) is 11.7 Å². The van der Waals surface area contributed by atoms with Gasteiger partial charge in [-0.25, -0.2) is 4.98 Å². The van der Waals surface area contributed by atoms with Crippen molar-refractivity contribution in [2.45, 2.75) is 25.9 Å². The summed E-state index contributed by atoms with van der Waals surface area (Å²) in [6.45, 7) is 5.45. The summed E-state index contributed by atoms with van der Waals surface area (Å²) in [6.07, 6.45) is 2.58. The second kappa shape index (κ2) is 5.40. The minimum atomic E-state index is -0.458. The molecule has 2 N–H and O–H groups in total. The van der Waals surface area contributed by atoms with Crippen molar-refractivity contribution in [3.8, 4) is 0 Å². The highest BCUT2D eigenvalue weighted by atomic mass is 16.3. The molecule has 1 aromatic rings. The Morgan fingerprint density at radius 3 is 2.74 bits per heavy atom. The number of hydrogen-bond acceptors (Lipinski definition) is 5. The van der Waals surface area contributed by atoms with Gasteiger partial charge in [0.25, 0.3) is 5.91 Å². The third-order valence-electron chi connectivity index (χ3n) is 3.34. The van der Waals surface area contributed by atoms with Gasteiger partial charge in [-0.15, -0.1) is 0 Å². The average molecular weight is 266 g/mol. The normalized spacial score (nSPS) is 20.8. The van der Waals surface area contributed by atoms with Gasteiger partial charge in [-0.3, -0.25) is 14.5 Å². The Bertz CT molecular complexity index is 458. The van der Waals surface area contributed by atoms with Crippen molar-refractivity contribution in [2.75, 3.05) is 19.6 Å². The molecule has 0 aromatic carbocycles. The lowest BCUT2D eigenvalue weighted by Crippen LogP contribution is -2.61. The number of carbonyl (C=O) groups excluding carboxylic acids is 2. The fourth-order valence-electron chi connectivity index (χ4n) is 2.33. The van der Waals surface area contributed by atoms with Crippen LogP contribution in [0.4, 0.5) is 0 Å². The number of carbonyl (C=O) groups is 2. The lowest BCUT2D eigenvalue weighted by Gasteiger charge is -2.41. The van der Waals surface area contributed by atoms with Crippen molar-refractivity contribution in [1.82, 2.24) is 14.8 Å². The van der Waals surface area contributed by atoms with Crippen molar-refractivity contribution in [2.24, 2.45) is 5.73 Å². The molecule has 0 bridgehead atoms. The van der Waals surface area contributed by atoms with Crippen LogP contribution < -0.4 is 5.73 Å². The molecule has 1 aliphatic rings. The van der Waals surface area contributed by atoms with Crippen LogP contribution in [0, 0.1) is 0 Å². The maximum atomic E-state index is 12.1. The van der Waals surface area contributed by atoms with Crippen LogP contribution in [0.5, 0.6) is 0 Å². The standard InChI is InChI=1S/C12H18N4O3/c1-8(2)16-4-3-15(6-9(16)11(13)17)12(18)10-5-14-7-19-10/h5,7-9H,3-4,6H2,1-2H3,(H2,13,17)/t9-/m1/s1. The van der Waals surface area contributed by atoms with Crippen LogP contribution in [0.2, 0.25) is 0 Å². The summed E-state index contributed by atoms with van der Waals surface area (Å²) >= 11 is 0. The van der Waals surface area contributed by atoms with Gasteiger partial charge in [0.05, 0.1) is 6.20 Å². The first-order valence-corrected chi connectivity index (χ1v) is 6.23.